The van der Waals surface area contributed by atoms with E-state index in [1.54, 1.807) is 0 Å². The van der Waals surface area contributed by atoms with Gasteiger partial charge in [-0.3, -0.25) is 0 Å². The van der Waals surface area contributed by atoms with Gasteiger partial charge in [-0.2, -0.15) is 11.8 Å². The molecule has 1 aromatic carbocycles. The summed E-state index contributed by atoms with van der Waals surface area (Å²) >= 11 is 10.6. The molecule has 0 aliphatic carbocycles. The summed E-state index contributed by atoms with van der Waals surface area (Å²) in [6.07, 6.45) is 1.39. The number of rotatable bonds is 4. The van der Waals surface area contributed by atoms with Crippen molar-refractivity contribution >= 4 is 34.7 Å². The third-order valence-electron chi connectivity index (χ3n) is 3.44. The SMILES string of the molecule is CC(C)Oc1ccc(C(Cl)c2cc3c(s2)CCSC3)cc1. The van der Waals surface area contributed by atoms with Crippen LogP contribution in [0.15, 0.2) is 30.3 Å². The van der Waals surface area contributed by atoms with Crippen LogP contribution in [0.3, 0.4) is 0 Å². The van der Waals surface area contributed by atoms with Crippen molar-refractivity contribution in [1.82, 2.24) is 0 Å². The van der Waals surface area contributed by atoms with Crippen molar-refractivity contribution in [2.45, 2.75) is 37.5 Å². The van der Waals surface area contributed by atoms with Crippen molar-refractivity contribution in [2.24, 2.45) is 0 Å². The van der Waals surface area contributed by atoms with E-state index in [2.05, 4.69) is 18.2 Å². The first kappa shape index (κ1) is 15.3. The topological polar surface area (TPSA) is 9.23 Å². The maximum absolute atomic E-state index is 6.67. The van der Waals surface area contributed by atoms with Crippen LogP contribution < -0.4 is 4.74 Å². The second-order valence-electron chi connectivity index (χ2n) is 5.50. The molecule has 1 aromatic heterocycles. The van der Waals surface area contributed by atoms with E-state index in [-0.39, 0.29) is 11.5 Å². The summed E-state index contributed by atoms with van der Waals surface area (Å²) in [6, 6.07) is 10.5. The van der Waals surface area contributed by atoms with Gasteiger partial charge < -0.3 is 4.74 Å². The quantitative estimate of drug-likeness (QED) is 0.666. The third kappa shape index (κ3) is 3.58. The molecule has 21 heavy (non-hydrogen) atoms. The number of benzene rings is 1. The van der Waals surface area contributed by atoms with E-state index in [9.17, 15) is 0 Å². The van der Waals surface area contributed by atoms with Crippen molar-refractivity contribution in [3.63, 3.8) is 0 Å². The zero-order chi connectivity index (χ0) is 14.8. The number of halogens is 1. The molecule has 0 bridgehead atoms. The second kappa shape index (κ2) is 6.64. The molecule has 2 heterocycles. The zero-order valence-electron chi connectivity index (χ0n) is 12.3. The highest BCUT2D eigenvalue weighted by atomic mass is 35.5. The van der Waals surface area contributed by atoms with E-state index in [4.69, 9.17) is 16.3 Å². The summed E-state index contributed by atoms with van der Waals surface area (Å²) in [5.74, 6) is 3.28. The average molecular weight is 339 g/mol. The van der Waals surface area contributed by atoms with Crippen LogP contribution in [0.25, 0.3) is 0 Å². The van der Waals surface area contributed by atoms with E-state index < -0.39 is 0 Å². The predicted molar refractivity (Wildman–Crippen MR) is 94.1 cm³/mol. The summed E-state index contributed by atoms with van der Waals surface area (Å²) in [6.45, 7) is 4.07. The Morgan fingerprint density at radius 2 is 1.95 bits per heavy atom. The van der Waals surface area contributed by atoms with Crippen LogP contribution >= 0.6 is 34.7 Å². The smallest absolute Gasteiger partial charge is 0.119 e. The van der Waals surface area contributed by atoms with Gasteiger partial charge in [0.1, 0.15) is 5.75 Å². The van der Waals surface area contributed by atoms with Crippen molar-refractivity contribution in [2.75, 3.05) is 5.75 Å². The number of alkyl halides is 1. The van der Waals surface area contributed by atoms with Gasteiger partial charge in [-0.05, 0) is 55.3 Å². The molecule has 112 valence electrons. The Morgan fingerprint density at radius 3 is 2.62 bits per heavy atom. The Balaban J connectivity index is 1.78. The molecule has 1 nitrogen and oxygen atoms in total. The van der Waals surface area contributed by atoms with E-state index in [1.807, 2.05) is 49.1 Å². The van der Waals surface area contributed by atoms with Crippen LogP contribution in [-0.4, -0.2) is 11.9 Å². The highest BCUT2D eigenvalue weighted by Gasteiger charge is 2.19. The lowest BCUT2D eigenvalue weighted by Crippen LogP contribution is -2.05. The van der Waals surface area contributed by atoms with E-state index >= 15 is 0 Å². The lowest BCUT2D eigenvalue weighted by atomic mass is 10.1. The van der Waals surface area contributed by atoms with Crippen LogP contribution in [0.4, 0.5) is 0 Å². The fraction of sp³-hybridized carbons (Fsp3) is 0.412. The van der Waals surface area contributed by atoms with Crippen molar-refractivity contribution < 1.29 is 4.74 Å². The Labute approximate surface area is 139 Å². The predicted octanol–water partition coefficient (Wildman–Crippen LogP) is 5.65. The van der Waals surface area contributed by atoms with Crippen molar-refractivity contribution in [1.29, 1.82) is 0 Å². The number of hydrogen-bond acceptors (Lipinski definition) is 3. The molecule has 1 atom stereocenters. The molecule has 4 heteroatoms. The molecule has 1 unspecified atom stereocenters. The van der Waals surface area contributed by atoms with Crippen LogP contribution in [0, 0.1) is 0 Å². The number of aryl methyl sites for hydroxylation is 1. The summed E-state index contributed by atoms with van der Waals surface area (Å²) < 4.78 is 5.68. The molecule has 0 amide bonds. The Kier molecular flexibility index (Phi) is 4.82. The Hall–Kier alpha value is -0.640. The molecule has 0 spiro atoms. The number of thiophene rings is 1. The number of fused-ring (bicyclic) bond motifs is 1. The zero-order valence-corrected chi connectivity index (χ0v) is 14.7. The van der Waals surface area contributed by atoms with Crippen LogP contribution in [0.2, 0.25) is 0 Å². The molecule has 1 aliphatic heterocycles. The normalized spacial score (nSPS) is 15.8. The van der Waals surface area contributed by atoms with Gasteiger partial charge in [0.05, 0.1) is 11.5 Å². The lowest BCUT2D eigenvalue weighted by molar-refractivity contribution is 0.242. The van der Waals surface area contributed by atoms with Crippen LogP contribution in [-0.2, 0) is 12.2 Å². The van der Waals surface area contributed by atoms with Gasteiger partial charge in [-0.1, -0.05) is 12.1 Å². The maximum atomic E-state index is 6.67. The van der Waals surface area contributed by atoms with Gasteiger partial charge in [0.15, 0.2) is 0 Å². The number of ether oxygens (including phenoxy) is 1. The third-order valence-corrected chi connectivity index (χ3v) is 6.37. The summed E-state index contributed by atoms with van der Waals surface area (Å²) in [5.41, 5.74) is 2.62. The van der Waals surface area contributed by atoms with E-state index in [0.717, 1.165) is 17.1 Å². The van der Waals surface area contributed by atoms with Crippen molar-refractivity contribution in [3.05, 3.63) is 51.2 Å². The Bertz CT molecular complexity index is 580. The molecule has 1 aliphatic rings. The first-order chi connectivity index (χ1) is 10.1. The summed E-state index contributed by atoms with van der Waals surface area (Å²) in [7, 11) is 0. The summed E-state index contributed by atoms with van der Waals surface area (Å²) in [4.78, 5) is 2.79. The highest BCUT2D eigenvalue weighted by molar-refractivity contribution is 7.98. The molecule has 0 N–H and O–H groups in total. The van der Waals surface area contributed by atoms with Crippen LogP contribution in [0.5, 0.6) is 5.75 Å². The first-order valence-electron chi connectivity index (χ1n) is 7.23. The number of thioether (sulfide) groups is 1. The maximum Gasteiger partial charge on any atom is 0.119 e. The monoisotopic (exact) mass is 338 g/mol. The molecular formula is C17H19ClOS2. The first-order valence-corrected chi connectivity index (χ1v) is 9.64. The van der Waals surface area contributed by atoms with Gasteiger partial charge in [0, 0.05) is 15.5 Å². The number of hydrogen-bond donors (Lipinski definition) is 0. The average Bonchev–Trinajstić information content (AvgIpc) is 2.90. The molecule has 3 rings (SSSR count). The largest absolute Gasteiger partial charge is 0.491 e. The minimum absolute atomic E-state index is 0.0568. The molecule has 0 radical (unpaired) electrons. The van der Waals surface area contributed by atoms with E-state index in [0.29, 0.717) is 0 Å². The van der Waals surface area contributed by atoms with Crippen molar-refractivity contribution in [3.8, 4) is 5.75 Å². The van der Waals surface area contributed by atoms with Gasteiger partial charge in [0.25, 0.3) is 0 Å². The minimum Gasteiger partial charge on any atom is -0.491 e. The lowest BCUT2D eigenvalue weighted by Gasteiger charge is -2.12. The van der Waals surface area contributed by atoms with Gasteiger partial charge in [0.2, 0.25) is 0 Å². The minimum atomic E-state index is -0.0568. The second-order valence-corrected chi connectivity index (χ2v) is 8.21. The molecule has 0 fully saturated rings. The fourth-order valence-electron chi connectivity index (χ4n) is 2.45. The summed E-state index contributed by atoms with van der Waals surface area (Å²) in [5, 5.41) is -0.0568. The van der Waals surface area contributed by atoms with E-state index in [1.165, 1.54) is 27.5 Å². The molecule has 2 aromatic rings. The van der Waals surface area contributed by atoms with Gasteiger partial charge >= 0.3 is 0 Å². The standard InChI is InChI=1S/C17H19ClOS2/c1-11(2)19-14-5-3-12(4-6-14)17(18)16-9-13-10-20-8-7-15(13)21-16/h3-6,9,11,17H,7-8,10H2,1-2H3. The van der Waals surface area contributed by atoms with Gasteiger partial charge in [-0.15, -0.1) is 22.9 Å². The van der Waals surface area contributed by atoms with Crippen LogP contribution in [0.1, 0.15) is 40.1 Å². The molecule has 0 saturated heterocycles. The highest BCUT2D eigenvalue weighted by Crippen LogP contribution is 2.39. The fourth-order valence-corrected chi connectivity index (χ4v) is 5.17. The molecular weight excluding hydrogens is 320 g/mol. The Morgan fingerprint density at radius 1 is 1.19 bits per heavy atom. The molecule has 0 saturated carbocycles. The van der Waals surface area contributed by atoms with Gasteiger partial charge in [-0.25, -0.2) is 0 Å².